The van der Waals surface area contributed by atoms with E-state index in [9.17, 15) is 0 Å². The monoisotopic (exact) mass is 624 g/mol. The van der Waals surface area contributed by atoms with Crippen LogP contribution < -0.4 is 0 Å². The average Bonchev–Trinajstić information content (AvgIpc) is 2.95. The Morgan fingerprint density at radius 2 is 0.786 bits per heavy atom. The van der Waals surface area contributed by atoms with Gasteiger partial charge in [0, 0.05) is 30.9 Å². The van der Waals surface area contributed by atoms with Gasteiger partial charge < -0.3 is 0 Å². The predicted molar refractivity (Wildman–Crippen MR) is 184 cm³/mol. The maximum atomic E-state index is 6.36. The summed E-state index contributed by atoms with van der Waals surface area (Å²) < 4.78 is 0. The first-order valence-electron chi connectivity index (χ1n) is 13.3. The number of hydrogen-bond donors (Lipinski definition) is 0. The molecule has 0 saturated heterocycles. The number of rotatable bonds is 5. The fourth-order valence-corrected chi connectivity index (χ4v) is 6.30. The van der Waals surface area contributed by atoms with E-state index in [1.807, 2.05) is 74.5 Å². The topological polar surface area (TPSA) is 24.7 Å². The Morgan fingerprint density at radius 3 is 1.14 bits per heavy atom. The normalized spacial score (nSPS) is 12.3. The highest BCUT2D eigenvalue weighted by Crippen LogP contribution is 2.39. The molecule has 0 bridgehead atoms. The van der Waals surface area contributed by atoms with E-state index in [-0.39, 0.29) is 0 Å². The molecule has 206 valence electrons. The summed E-state index contributed by atoms with van der Waals surface area (Å²) in [5.74, 6) is 0. The molecule has 0 N–H and O–H groups in total. The molecule has 0 atom stereocenters. The van der Waals surface area contributed by atoms with Crippen LogP contribution in [0.25, 0.3) is 43.8 Å². The molecule has 0 radical (unpaired) electrons. The Bertz CT molecular complexity index is 1860. The molecule has 0 unspecified atom stereocenters. The van der Waals surface area contributed by atoms with Crippen LogP contribution in [-0.2, 0) is 0 Å². The van der Waals surface area contributed by atoms with Gasteiger partial charge in [-0.2, -0.15) is 0 Å². The molecule has 6 rings (SSSR count). The summed E-state index contributed by atoms with van der Waals surface area (Å²) >= 11 is 25.4. The number of benzene rings is 6. The summed E-state index contributed by atoms with van der Waals surface area (Å²) in [7, 11) is 0. The SMILES string of the molecule is CC(=Nc1cccc2cccc(-c3cc(Cl)cc(Cl)c3)c12)C(C)=Nc1cccc2cccc(-c3cc(Cl)cc(Cl)c3)c12. The summed E-state index contributed by atoms with van der Waals surface area (Å²) in [4.78, 5) is 10.2. The molecule has 6 heteroatoms. The van der Waals surface area contributed by atoms with Crippen LogP contribution in [0.1, 0.15) is 13.8 Å². The van der Waals surface area contributed by atoms with Gasteiger partial charge in [-0.1, -0.05) is 107 Å². The van der Waals surface area contributed by atoms with Gasteiger partial charge in [-0.25, -0.2) is 0 Å². The lowest BCUT2D eigenvalue weighted by molar-refractivity contribution is 1.50. The van der Waals surface area contributed by atoms with Gasteiger partial charge in [0.25, 0.3) is 0 Å². The predicted octanol–water partition coefficient (Wildman–Crippen LogP) is 12.8. The highest BCUT2D eigenvalue weighted by atomic mass is 35.5. The standard InChI is InChI=1S/C36H24Cl4N2/c1-21(41-33-13-5-9-23-7-3-11-31(35(23)33)25-15-27(37)19-28(38)16-25)22(2)42-34-14-6-10-24-8-4-12-32(36(24)34)26-17-29(39)20-30(40)18-26/h3-20H,1-2H3. The van der Waals surface area contributed by atoms with Crippen LogP contribution in [-0.4, -0.2) is 11.4 Å². The van der Waals surface area contributed by atoms with Gasteiger partial charge in [-0.15, -0.1) is 0 Å². The molecular formula is C36H24Cl4N2. The number of hydrogen-bond acceptors (Lipinski definition) is 2. The molecule has 0 amide bonds. The van der Waals surface area contributed by atoms with Gasteiger partial charge in [0.15, 0.2) is 0 Å². The molecular weight excluding hydrogens is 602 g/mol. The zero-order chi connectivity index (χ0) is 29.4. The highest BCUT2D eigenvalue weighted by Gasteiger charge is 2.13. The summed E-state index contributed by atoms with van der Waals surface area (Å²) in [6.07, 6.45) is 0. The largest absolute Gasteiger partial charge is 0.251 e. The molecule has 0 aromatic heterocycles. The fraction of sp³-hybridized carbons (Fsp3) is 0.0556. The van der Waals surface area contributed by atoms with Crippen LogP contribution in [0.2, 0.25) is 20.1 Å². The Balaban J connectivity index is 1.48. The number of fused-ring (bicyclic) bond motifs is 2. The van der Waals surface area contributed by atoms with Crippen LogP contribution >= 0.6 is 46.4 Å². The van der Waals surface area contributed by atoms with E-state index >= 15 is 0 Å². The molecule has 6 aromatic carbocycles. The van der Waals surface area contributed by atoms with E-state index in [1.54, 1.807) is 12.1 Å². The minimum absolute atomic E-state index is 0.587. The van der Waals surface area contributed by atoms with E-state index < -0.39 is 0 Å². The second kappa shape index (κ2) is 11.9. The van der Waals surface area contributed by atoms with Crippen molar-refractivity contribution in [2.24, 2.45) is 9.98 Å². The molecule has 0 fully saturated rings. The molecule has 0 aliphatic rings. The number of halogens is 4. The lowest BCUT2D eigenvalue weighted by Crippen LogP contribution is -2.04. The zero-order valence-electron chi connectivity index (χ0n) is 22.8. The van der Waals surface area contributed by atoms with Crippen molar-refractivity contribution in [3.05, 3.63) is 129 Å². The Morgan fingerprint density at radius 1 is 0.452 bits per heavy atom. The number of nitrogens with zero attached hydrogens (tertiary/aromatic N) is 2. The van der Waals surface area contributed by atoms with Crippen LogP contribution in [0.15, 0.2) is 119 Å². The minimum atomic E-state index is 0.587. The summed E-state index contributed by atoms with van der Waals surface area (Å²) in [6.45, 7) is 3.97. The smallest absolute Gasteiger partial charge is 0.0718 e. The first kappa shape index (κ1) is 28.5. The molecule has 42 heavy (non-hydrogen) atoms. The number of aliphatic imine (C=N–C) groups is 2. The van der Waals surface area contributed by atoms with Crippen LogP contribution in [0.5, 0.6) is 0 Å². The van der Waals surface area contributed by atoms with Crippen LogP contribution in [0, 0.1) is 0 Å². The van der Waals surface area contributed by atoms with Crippen molar-refractivity contribution in [2.75, 3.05) is 0 Å². The molecule has 0 saturated carbocycles. The summed E-state index contributed by atoms with van der Waals surface area (Å²) in [5, 5.41) is 6.55. The third-order valence-electron chi connectivity index (χ3n) is 7.21. The maximum absolute atomic E-state index is 6.36. The van der Waals surface area contributed by atoms with Crippen molar-refractivity contribution in [1.29, 1.82) is 0 Å². The zero-order valence-corrected chi connectivity index (χ0v) is 25.8. The molecule has 6 aromatic rings. The van der Waals surface area contributed by atoms with Crippen molar-refractivity contribution in [3.8, 4) is 22.3 Å². The van der Waals surface area contributed by atoms with Gasteiger partial charge in [-0.3, -0.25) is 9.98 Å². The third kappa shape index (κ3) is 5.82. The quantitative estimate of drug-likeness (QED) is 0.170. The van der Waals surface area contributed by atoms with Gasteiger partial charge in [0.1, 0.15) is 0 Å². The first-order chi connectivity index (χ1) is 20.3. The summed E-state index contributed by atoms with van der Waals surface area (Å²) in [5.41, 5.74) is 7.21. The van der Waals surface area contributed by atoms with Gasteiger partial charge in [0.2, 0.25) is 0 Å². The molecule has 0 aliphatic carbocycles. The Hall–Kier alpha value is -3.66. The molecule has 0 heterocycles. The van der Waals surface area contributed by atoms with E-state index in [1.165, 1.54) is 0 Å². The van der Waals surface area contributed by atoms with Gasteiger partial charge in [0.05, 0.1) is 22.8 Å². The molecule has 2 nitrogen and oxygen atoms in total. The van der Waals surface area contributed by atoms with Crippen LogP contribution in [0.4, 0.5) is 11.4 Å². The fourth-order valence-electron chi connectivity index (χ4n) is 5.25. The Labute approximate surface area is 264 Å². The van der Waals surface area contributed by atoms with Crippen molar-refractivity contribution >= 4 is 90.7 Å². The minimum Gasteiger partial charge on any atom is -0.251 e. The third-order valence-corrected chi connectivity index (χ3v) is 8.09. The first-order valence-corrected chi connectivity index (χ1v) is 14.9. The van der Waals surface area contributed by atoms with E-state index in [2.05, 4.69) is 36.4 Å². The Kier molecular flexibility index (Phi) is 8.07. The van der Waals surface area contributed by atoms with Crippen molar-refractivity contribution in [3.63, 3.8) is 0 Å². The molecule has 0 spiro atoms. The van der Waals surface area contributed by atoms with Crippen molar-refractivity contribution < 1.29 is 0 Å². The van der Waals surface area contributed by atoms with Crippen molar-refractivity contribution in [2.45, 2.75) is 13.8 Å². The van der Waals surface area contributed by atoms with E-state index in [4.69, 9.17) is 56.4 Å². The summed E-state index contributed by atoms with van der Waals surface area (Å²) in [6, 6.07) is 35.8. The van der Waals surface area contributed by atoms with E-state index in [0.29, 0.717) is 20.1 Å². The second-order valence-electron chi connectivity index (χ2n) is 10.1. The lowest BCUT2D eigenvalue weighted by Gasteiger charge is -2.12. The highest BCUT2D eigenvalue weighted by molar-refractivity contribution is 6.42. The van der Waals surface area contributed by atoms with Gasteiger partial charge >= 0.3 is 0 Å². The average molecular weight is 626 g/mol. The lowest BCUT2D eigenvalue weighted by atomic mass is 9.97. The van der Waals surface area contributed by atoms with Gasteiger partial charge in [-0.05, 0) is 95.4 Å². The van der Waals surface area contributed by atoms with E-state index in [0.717, 1.165) is 66.6 Å². The maximum Gasteiger partial charge on any atom is 0.0718 e. The van der Waals surface area contributed by atoms with Crippen LogP contribution in [0.3, 0.4) is 0 Å². The van der Waals surface area contributed by atoms with Crippen molar-refractivity contribution in [1.82, 2.24) is 0 Å². The molecule has 0 aliphatic heterocycles. The second-order valence-corrected chi connectivity index (χ2v) is 11.8.